The number of rotatable bonds is 3. The second kappa shape index (κ2) is 4.96. The monoisotopic (exact) mass is 168 g/mol. The van der Waals surface area contributed by atoms with Crippen molar-refractivity contribution in [3.8, 4) is 0 Å². The molecule has 0 atom stereocenters. The van der Waals surface area contributed by atoms with Crippen LogP contribution in [0.15, 0.2) is 12.7 Å². The Hall–Kier alpha value is -0.790. The topological polar surface area (TPSA) is 26.3 Å². The van der Waals surface area contributed by atoms with E-state index in [0.717, 1.165) is 0 Å². The molecule has 1 saturated carbocycles. The number of hydrogen-bond donors (Lipinski definition) is 0. The molecule has 0 heterocycles. The Balaban J connectivity index is 2.12. The van der Waals surface area contributed by atoms with Crippen molar-refractivity contribution in [2.75, 3.05) is 6.61 Å². The molecule has 0 saturated heterocycles. The summed E-state index contributed by atoms with van der Waals surface area (Å²) < 4.78 is 4.97. The van der Waals surface area contributed by atoms with Gasteiger partial charge in [-0.1, -0.05) is 25.8 Å². The van der Waals surface area contributed by atoms with Crippen LogP contribution in [0.5, 0.6) is 0 Å². The van der Waals surface area contributed by atoms with E-state index in [-0.39, 0.29) is 5.97 Å². The second-order valence-electron chi connectivity index (χ2n) is 3.34. The van der Waals surface area contributed by atoms with Gasteiger partial charge in [0.05, 0.1) is 6.61 Å². The molecule has 0 radical (unpaired) electrons. The normalized spacial score (nSPS) is 18.7. The van der Waals surface area contributed by atoms with Gasteiger partial charge in [-0.2, -0.15) is 0 Å². The summed E-state index contributed by atoms with van der Waals surface area (Å²) in [6, 6.07) is 0. The maximum absolute atomic E-state index is 10.7. The van der Waals surface area contributed by atoms with Crippen LogP contribution in [0.25, 0.3) is 0 Å². The van der Waals surface area contributed by atoms with Crippen LogP contribution in [-0.4, -0.2) is 12.6 Å². The van der Waals surface area contributed by atoms with Gasteiger partial charge in [0, 0.05) is 6.08 Å². The third kappa shape index (κ3) is 3.07. The molecule has 1 rings (SSSR count). The molecule has 0 N–H and O–H groups in total. The van der Waals surface area contributed by atoms with Crippen molar-refractivity contribution in [3.05, 3.63) is 12.7 Å². The van der Waals surface area contributed by atoms with Crippen molar-refractivity contribution < 1.29 is 9.53 Å². The molecule has 12 heavy (non-hydrogen) atoms. The SMILES string of the molecule is C=CC(=O)OCC1CCCCC1. The van der Waals surface area contributed by atoms with E-state index in [1.165, 1.54) is 38.2 Å². The van der Waals surface area contributed by atoms with Gasteiger partial charge in [0.15, 0.2) is 0 Å². The summed E-state index contributed by atoms with van der Waals surface area (Å²) in [5.41, 5.74) is 0. The largest absolute Gasteiger partial charge is 0.462 e. The Morgan fingerprint density at radius 1 is 1.42 bits per heavy atom. The summed E-state index contributed by atoms with van der Waals surface area (Å²) in [5.74, 6) is 0.309. The van der Waals surface area contributed by atoms with Crippen LogP contribution in [0, 0.1) is 5.92 Å². The highest BCUT2D eigenvalue weighted by molar-refractivity contribution is 5.81. The fraction of sp³-hybridized carbons (Fsp3) is 0.700. The standard InChI is InChI=1S/C10H16O2/c1-2-10(11)12-8-9-6-4-3-5-7-9/h2,9H,1,3-8H2. The first-order valence-electron chi connectivity index (χ1n) is 4.62. The predicted octanol–water partition coefficient (Wildman–Crippen LogP) is 2.30. The quantitative estimate of drug-likeness (QED) is 0.477. The predicted molar refractivity (Wildman–Crippen MR) is 47.7 cm³/mol. The smallest absolute Gasteiger partial charge is 0.330 e. The third-order valence-corrected chi connectivity index (χ3v) is 2.35. The van der Waals surface area contributed by atoms with Crippen LogP contribution in [0.4, 0.5) is 0 Å². The number of carbonyl (C=O) groups excluding carboxylic acids is 1. The average molecular weight is 168 g/mol. The highest BCUT2D eigenvalue weighted by Gasteiger charge is 2.14. The van der Waals surface area contributed by atoms with Crippen LogP contribution in [-0.2, 0) is 9.53 Å². The first kappa shape index (κ1) is 9.30. The molecular weight excluding hydrogens is 152 g/mol. The molecular formula is C10H16O2. The second-order valence-corrected chi connectivity index (χ2v) is 3.34. The average Bonchev–Trinajstić information content (AvgIpc) is 2.16. The molecule has 0 amide bonds. The number of hydrogen-bond acceptors (Lipinski definition) is 2. The van der Waals surface area contributed by atoms with Gasteiger partial charge in [-0.3, -0.25) is 0 Å². The van der Waals surface area contributed by atoms with Gasteiger partial charge in [0.25, 0.3) is 0 Å². The van der Waals surface area contributed by atoms with Gasteiger partial charge in [0.2, 0.25) is 0 Å². The highest BCUT2D eigenvalue weighted by atomic mass is 16.5. The Kier molecular flexibility index (Phi) is 3.85. The number of ether oxygens (including phenoxy) is 1. The van der Waals surface area contributed by atoms with E-state index in [1.807, 2.05) is 0 Å². The van der Waals surface area contributed by atoms with E-state index in [2.05, 4.69) is 6.58 Å². The lowest BCUT2D eigenvalue weighted by Gasteiger charge is -2.20. The van der Waals surface area contributed by atoms with Crippen LogP contribution in [0.3, 0.4) is 0 Å². The fourth-order valence-corrected chi connectivity index (χ4v) is 1.61. The molecule has 0 aromatic rings. The van der Waals surface area contributed by atoms with Crippen molar-refractivity contribution in [1.82, 2.24) is 0 Å². The summed E-state index contributed by atoms with van der Waals surface area (Å²) in [6.07, 6.45) is 7.57. The molecule has 0 aromatic carbocycles. The minimum Gasteiger partial charge on any atom is -0.462 e. The molecule has 1 fully saturated rings. The molecule has 2 heteroatoms. The van der Waals surface area contributed by atoms with E-state index >= 15 is 0 Å². The van der Waals surface area contributed by atoms with Crippen molar-refractivity contribution in [3.63, 3.8) is 0 Å². The minimum absolute atomic E-state index is 0.291. The van der Waals surface area contributed by atoms with Crippen molar-refractivity contribution >= 4 is 5.97 Å². The third-order valence-electron chi connectivity index (χ3n) is 2.35. The molecule has 1 aliphatic carbocycles. The summed E-state index contributed by atoms with van der Waals surface area (Å²) in [5, 5.41) is 0. The number of carbonyl (C=O) groups is 1. The van der Waals surface area contributed by atoms with Gasteiger partial charge in [-0.25, -0.2) is 4.79 Å². The molecule has 68 valence electrons. The van der Waals surface area contributed by atoms with E-state index in [0.29, 0.717) is 12.5 Å². The van der Waals surface area contributed by atoms with Crippen molar-refractivity contribution in [2.45, 2.75) is 32.1 Å². The lowest BCUT2D eigenvalue weighted by molar-refractivity contribution is -0.139. The maximum atomic E-state index is 10.7. The molecule has 0 aliphatic heterocycles. The summed E-state index contributed by atoms with van der Waals surface area (Å²) in [4.78, 5) is 10.7. The Labute approximate surface area is 73.6 Å². The van der Waals surface area contributed by atoms with Crippen LogP contribution in [0.2, 0.25) is 0 Å². The first-order chi connectivity index (χ1) is 5.83. The maximum Gasteiger partial charge on any atom is 0.330 e. The fourth-order valence-electron chi connectivity index (χ4n) is 1.61. The lowest BCUT2D eigenvalue weighted by atomic mass is 9.90. The molecule has 0 unspecified atom stereocenters. The number of esters is 1. The minimum atomic E-state index is -0.291. The van der Waals surface area contributed by atoms with Crippen LogP contribution in [0.1, 0.15) is 32.1 Å². The first-order valence-corrected chi connectivity index (χ1v) is 4.62. The van der Waals surface area contributed by atoms with Gasteiger partial charge in [-0.05, 0) is 18.8 Å². The highest BCUT2D eigenvalue weighted by Crippen LogP contribution is 2.23. The Bertz CT molecular complexity index is 157. The van der Waals surface area contributed by atoms with Crippen LogP contribution >= 0.6 is 0 Å². The van der Waals surface area contributed by atoms with E-state index in [4.69, 9.17) is 4.74 Å². The summed E-state index contributed by atoms with van der Waals surface area (Å²) in [6.45, 7) is 3.94. The zero-order valence-corrected chi connectivity index (χ0v) is 7.42. The molecule has 0 spiro atoms. The lowest BCUT2D eigenvalue weighted by Crippen LogP contribution is -2.15. The van der Waals surface area contributed by atoms with Crippen LogP contribution < -0.4 is 0 Å². The Morgan fingerprint density at radius 2 is 2.08 bits per heavy atom. The van der Waals surface area contributed by atoms with E-state index in [1.54, 1.807) is 0 Å². The summed E-state index contributed by atoms with van der Waals surface area (Å²) >= 11 is 0. The van der Waals surface area contributed by atoms with Gasteiger partial charge in [-0.15, -0.1) is 0 Å². The summed E-state index contributed by atoms with van der Waals surface area (Å²) in [7, 11) is 0. The van der Waals surface area contributed by atoms with Gasteiger partial charge >= 0.3 is 5.97 Å². The van der Waals surface area contributed by atoms with E-state index < -0.39 is 0 Å². The van der Waals surface area contributed by atoms with E-state index in [9.17, 15) is 4.79 Å². The Morgan fingerprint density at radius 3 is 2.67 bits per heavy atom. The van der Waals surface area contributed by atoms with Crippen molar-refractivity contribution in [2.24, 2.45) is 5.92 Å². The molecule has 0 aromatic heterocycles. The van der Waals surface area contributed by atoms with Gasteiger partial charge in [0.1, 0.15) is 0 Å². The molecule has 1 aliphatic rings. The zero-order valence-electron chi connectivity index (χ0n) is 7.42. The van der Waals surface area contributed by atoms with Crippen molar-refractivity contribution in [1.29, 1.82) is 0 Å². The zero-order chi connectivity index (χ0) is 8.81. The molecule has 0 bridgehead atoms. The molecule has 2 nitrogen and oxygen atoms in total. The van der Waals surface area contributed by atoms with Gasteiger partial charge < -0.3 is 4.74 Å².